The fourth-order valence-corrected chi connectivity index (χ4v) is 1.57. The number of carbonyl (C=O) groups excluding carboxylic acids is 1. The Morgan fingerprint density at radius 2 is 2.24 bits per heavy atom. The van der Waals surface area contributed by atoms with Gasteiger partial charge in [0.25, 0.3) is 5.91 Å². The van der Waals surface area contributed by atoms with Crippen molar-refractivity contribution >= 4 is 22.5 Å². The average molecular weight is 227 g/mol. The molecule has 4 nitrogen and oxygen atoms in total. The van der Waals surface area contributed by atoms with Crippen molar-refractivity contribution in [2.24, 2.45) is 0 Å². The van der Waals surface area contributed by atoms with E-state index in [-0.39, 0.29) is 5.91 Å². The van der Waals surface area contributed by atoms with Crippen LogP contribution in [0.1, 0.15) is 10.5 Å². The molecule has 1 amide bonds. The molecular formula is C13H13N3O. The number of nitrogens with zero attached hydrogens (tertiary/aromatic N) is 1. The molecule has 0 aliphatic rings. The third-order valence-electron chi connectivity index (χ3n) is 2.39. The molecule has 0 fully saturated rings. The predicted molar refractivity (Wildman–Crippen MR) is 68.7 cm³/mol. The summed E-state index contributed by atoms with van der Waals surface area (Å²) in [4.78, 5) is 16.0. The lowest BCUT2D eigenvalue weighted by atomic mass is 10.1. The lowest BCUT2D eigenvalue weighted by Crippen LogP contribution is -2.24. The van der Waals surface area contributed by atoms with E-state index in [1.165, 1.54) is 0 Å². The van der Waals surface area contributed by atoms with E-state index in [9.17, 15) is 4.79 Å². The summed E-state index contributed by atoms with van der Waals surface area (Å²) < 4.78 is 0. The Morgan fingerprint density at radius 1 is 1.47 bits per heavy atom. The Morgan fingerprint density at radius 3 is 3.00 bits per heavy atom. The molecular weight excluding hydrogens is 214 g/mol. The Labute approximate surface area is 99.2 Å². The second-order valence-electron chi connectivity index (χ2n) is 3.61. The number of aromatic nitrogens is 1. The Kier molecular flexibility index (Phi) is 3.05. The smallest absolute Gasteiger partial charge is 0.270 e. The number of benzene rings is 1. The normalized spacial score (nSPS) is 10.1. The molecule has 0 saturated carbocycles. The molecule has 0 radical (unpaired) electrons. The van der Waals surface area contributed by atoms with Crippen LogP contribution in [0.3, 0.4) is 0 Å². The zero-order valence-corrected chi connectivity index (χ0v) is 9.31. The minimum Gasteiger partial charge on any atom is -0.398 e. The summed E-state index contributed by atoms with van der Waals surface area (Å²) in [5.41, 5.74) is 7.48. The van der Waals surface area contributed by atoms with Gasteiger partial charge in [0.15, 0.2) is 0 Å². The van der Waals surface area contributed by atoms with Gasteiger partial charge in [0, 0.05) is 17.6 Å². The number of fused-ring (bicyclic) bond motifs is 1. The number of para-hydroxylation sites is 1. The average Bonchev–Trinajstić information content (AvgIpc) is 2.36. The van der Waals surface area contributed by atoms with E-state index in [2.05, 4.69) is 16.9 Å². The number of anilines is 1. The van der Waals surface area contributed by atoms with Crippen LogP contribution in [0.4, 0.5) is 5.69 Å². The maximum absolute atomic E-state index is 11.7. The van der Waals surface area contributed by atoms with E-state index < -0.39 is 0 Å². The predicted octanol–water partition coefficient (Wildman–Crippen LogP) is 1.73. The van der Waals surface area contributed by atoms with Crippen LogP contribution in [-0.4, -0.2) is 17.4 Å². The standard InChI is InChI=1S/C13H13N3O/c1-2-7-15-13(17)12-8-10(14)9-5-3-4-6-11(9)16-12/h2-6,8H,1,7H2,(H2,14,16)(H,15,17). The first kappa shape index (κ1) is 11.1. The van der Waals surface area contributed by atoms with Crippen molar-refractivity contribution in [2.45, 2.75) is 0 Å². The van der Waals surface area contributed by atoms with Gasteiger partial charge < -0.3 is 11.1 Å². The first-order chi connectivity index (χ1) is 8.22. The summed E-state index contributed by atoms with van der Waals surface area (Å²) in [5, 5.41) is 3.52. The fraction of sp³-hybridized carbons (Fsp3) is 0.0769. The summed E-state index contributed by atoms with van der Waals surface area (Å²) in [6.07, 6.45) is 1.61. The monoisotopic (exact) mass is 227 g/mol. The van der Waals surface area contributed by atoms with Gasteiger partial charge in [0.05, 0.1) is 5.52 Å². The van der Waals surface area contributed by atoms with Gasteiger partial charge >= 0.3 is 0 Å². The van der Waals surface area contributed by atoms with E-state index in [1.807, 2.05) is 24.3 Å². The van der Waals surface area contributed by atoms with Crippen LogP contribution in [0.2, 0.25) is 0 Å². The van der Waals surface area contributed by atoms with Gasteiger partial charge in [-0.2, -0.15) is 0 Å². The largest absolute Gasteiger partial charge is 0.398 e. The molecule has 0 unspecified atom stereocenters. The highest BCUT2D eigenvalue weighted by Crippen LogP contribution is 2.19. The molecule has 2 rings (SSSR count). The first-order valence-electron chi connectivity index (χ1n) is 5.26. The molecule has 17 heavy (non-hydrogen) atoms. The quantitative estimate of drug-likeness (QED) is 0.785. The number of rotatable bonds is 3. The van der Waals surface area contributed by atoms with Gasteiger partial charge in [-0.25, -0.2) is 4.98 Å². The number of pyridine rings is 1. The topological polar surface area (TPSA) is 68.0 Å². The highest BCUT2D eigenvalue weighted by atomic mass is 16.1. The SMILES string of the molecule is C=CCNC(=O)c1cc(N)c2ccccc2n1. The van der Waals surface area contributed by atoms with Gasteiger partial charge in [-0.05, 0) is 12.1 Å². The number of nitrogens with one attached hydrogen (secondary N) is 1. The second-order valence-corrected chi connectivity index (χ2v) is 3.61. The second kappa shape index (κ2) is 4.65. The molecule has 1 heterocycles. The summed E-state index contributed by atoms with van der Waals surface area (Å²) >= 11 is 0. The Balaban J connectivity index is 2.42. The van der Waals surface area contributed by atoms with E-state index >= 15 is 0 Å². The maximum Gasteiger partial charge on any atom is 0.270 e. The molecule has 0 aliphatic carbocycles. The van der Waals surface area contributed by atoms with Crippen molar-refractivity contribution in [1.29, 1.82) is 0 Å². The van der Waals surface area contributed by atoms with Crippen molar-refractivity contribution in [3.05, 3.63) is 48.7 Å². The highest BCUT2D eigenvalue weighted by Gasteiger charge is 2.09. The van der Waals surface area contributed by atoms with Crippen LogP contribution in [0.5, 0.6) is 0 Å². The number of hydrogen-bond acceptors (Lipinski definition) is 3. The zero-order valence-electron chi connectivity index (χ0n) is 9.31. The van der Waals surface area contributed by atoms with Crippen LogP contribution in [0, 0.1) is 0 Å². The van der Waals surface area contributed by atoms with Crippen LogP contribution >= 0.6 is 0 Å². The third kappa shape index (κ3) is 2.25. The minimum absolute atomic E-state index is 0.248. The zero-order chi connectivity index (χ0) is 12.3. The third-order valence-corrected chi connectivity index (χ3v) is 2.39. The van der Waals surface area contributed by atoms with Gasteiger partial charge in [0.2, 0.25) is 0 Å². The molecule has 4 heteroatoms. The van der Waals surface area contributed by atoms with E-state index in [4.69, 9.17) is 5.73 Å². The van der Waals surface area contributed by atoms with Gasteiger partial charge in [-0.1, -0.05) is 24.3 Å². The first-order valence-corrected chi connectivity index (χ1v) is 5.26. The molecule has 0 spiro atoms. The van der Waals surface area contributed by atoms with Crippen LogP contribution in [0.15, 0.2) is 43.0 Å². The van der Waals surface area contributed by atoms with Gasteiger partial charge in [0.1, 0.15) is 5.69 Å². The van der Waals surface area contributed by atoms with E-state index in [0.717, 1.165) is 10.9 Å². The minimum atomic E-state index is -0.248. The summed E-state index contributed by atoms with van der Waals surface area (Å²) in [5.74, 6) is -0.248. The molecule has 1 aromatic heterocycles. The molecule has 86 valence electrons. The van der Waals surface area contributed by atoms with Crippen molar-refractivity contribution in [3.8, 4) is 0 Å². The summed E-state index contributed by atoms with van der Waals surface area (Å²) in [6.45, 7) is 3.94. The van der Waals surface area contributed by atoms with Gasteiger partial charge in [-0.3, -0.25) is 4.79 Å². The maximum atomic E-state index is 11.7. The fourth-order valence-electron chi connectivity index (χ4n) is 1.57. The summed E-state index contributed by atoms with van der Waals surface area (Å²) in [7, 11) is 0. The molecule has 0 bridgehead atoms. The Hall–Kier alpha value is -2.36. The van der Waals surface area contributed by atoms with Crippen molar-refractivity contribution in [3.63, 3.8) is 0 Å². The number of nitrogen functional groups attached to an aromatic ring is 1. The van der Waals surface area contributed by atoms with E-state index in [1.54, 1.807) is 12.1 Å². The van der Waals surface area contributed by atoms with Crippen molar-refractivity contribution in [1.82, 2.24) is 10.3 Å². The van der Waals surface area contributed by atoms with E-state index in [0.29, 0.717) is 17.9 Å². The Bertz CT molecular complexity index is 578. The number of carbonyl (C=O) groups is 1. The van der Waals surface area contributed by atoms with Gasteiger partial charge in [-0.15, -0.1) is 6.58 Å². The summed E-state index contributed by atoms with van der Waals surface area (Å²) in [6, 6.07) is 9.04. The lowest BCUT2D eigenvalue weighted by Gasteiger charge is -2.06. The molecule has 1 aromatic carbocycles. The van der Waals surface area contributed by atoms with Crippen LogP contribution < -0.4 is 11.1 Å². The van der Waals surface area contributed by atoms with Crippen LogP contribution in [0.25, 0.3) is 10.9 Å². The number of hydrogen-bond donors (Lipinski definition) is 2. The molecule has 0 saturated heterocycles. The number of amides is 1. The molecule has 3 N–H and O–H groups in total. The number of nitrogens with two attached hydrogens (primary N) is 1. The molecule has 0 aliphatic heterocycles. The van der Waals surface area contributed by atoms with Crippen molar-refractivity contribution in [2.75, 3.05) is 12.3 Å². The molecule has 2 aromatic rings. The van der Waals surface area contributed by atoms with Crippen molar-refractivity contribution < 1.29 is 4.79 Å². The lowest BCUT2D eigenvalue weighted by molar-refractivity contribution is 0.0953. The van der Waals surface area contributed by atoms with Crippen LogP contribution in [-0.2, 0) is 0 Å². The highest BCUT2D eigenvalue weighted by molar-refractivity contribution is 5.99. The molecule has 0 atom stereocenters.